The Labute approximate surface area is 131 Å². The quantitative estimate of drug-likeness (QED) is 0.868. The van der Waals surface area contributed by atoms with Gasteiger partial charge >= 0.3 is 11.9 Å². The molecule has 0 radical (unpaired) electrons. The standard InChI is InChI=1S/C17H23NO4/c1-17(2,3)22-15(19)12-10-13(16(20)21-4)18-14(12)11-8-6-5-7-9-11/h5-9,12-14,18H,10H2,1-4H3/t12-,13+,14+/m0/s1. The van der Waals surface area contributed by atoms with Crippen LogP contribution in [0, 0.1) is 5.92 Å². The largest absolute Gasteiger partial charge is 0.468 e. The summed E-state index contributed by atoms with van der Waals surface area (Å²) in [7, 11) is 1.35. The van der Waals surface area contributed by atoms with Gasteiger partial charge in [-0.05, 0) is 32.8 Å². The number of nitrogens with one attached hydrogen (secondary N) is 1. The lowest BCUT2D eigenvalue weighted by molar-refractivity contribution is -0.160. The Bertz CT molecular complexity index is 535. The van der Waals surface area contributed by atoms with Gasteiger partial charge in [0.1, 0.15) is 11.6 Å². The summed E-state index contributed by atoms with van der Waals surface area (Å²) in [5.74, 6) is -1.06. The summed E-state index contributed by atoms with van der Waals surface area (Å²) >= 11 is 0. The van der Waals surface area contributed by atoms with Gasteiger partial charge in [0.25, 0.3) is 0 Å². The van der Waals surface area contributed by atoms with Crippen LogP contribution in [0.4, 0.5) is 0 Å². The fourth-order valence-electron chi connectivity index (χ4n) is 2.70. The third-order valence-electron chi connectivity index (χ3n) is 3.63. The predicted molar refractivity (Wildman–Crippen MR) is 82.1 cm³/mol. The van der Waals surface area contributed by atoms with Crippen LogP contribution in [0.2, 0.25) is 0 Å². The number of hydrogen-bond acceptors (Lipinski definition) is 5. The van der Waals surface area contributed by atoms with Gasteiger partial charge < -0.3 is 9.47 Å². The first kappa shape index (κ1) is 16.5. The molecule has 1 N–H and O–H groups in total. The number of hydrogen-bond donors (Lipinski definition) is 1. The molecule has 0 unspecified atom stereocenters. The van der Waals surface area contributed by atoms with Crippen molar-refractivity contribution in [2.24, 2.45) is 5.92 Å². The molecule has 1 heterocycles. The Morgan fingerprint density at radius 2 is 1.77 bits per heavy atom. The Morgan fingerprint density at radius 1 is 1.14 bits per heavy atom. The van der Waals surface area contributed by atoms with E-state index in [4.69, 9.17) is 9.47 Å². The van der Waals surface area contributed by atoms with Crippen LogP contribution in [0.15, 0.2) is 30.3 Å². The second-order valence-electron chi connectivity index (χ2n) is 6.51. The molecule has 1 aromatic carbocycles. The van der Waals surface area contributed by atoms with Gasteiger partial charge in [-0.1, -0.05) is 30.3 Å². The summed E-state index contributed by atoms with van der Waals surface area (Å²) in [6, 6.07) is 8.87. The zero-order valence-electron chi connectivity index (χ0n) is 13.5. The highest BCUT2D eigenvalue weighted by atomic mass is 16.6. The van der Waals surface area contributed by atoms with Crippen LogP contribution in [-0.4, -0.2) is 30.7 Å². The van der Waals surface area contributed by atoms with E-state index in [2.05, 4.69) is 5.32 Å². The van der Waals surface area contributed by atoms with Gasteiger partial charge in [-0.15, -0.1) is 0 Å². The maximum absolute atomic E-state index is 12.5. The Kier molecular flexibility index (Phi) is 4.86. The Morgan fingerprint density at radius 3 is 2.32 bits per heavy atom. The van der Waals surface area contributed by atoms with Crippen molar-refractivity contribution in [2.45, 2.75) is 44.9 Å². The molecule has 0 spiro atoms. The average molecular weight is 305 g/mol. The number of benzene rings is 1. The first-order valence-corrected chi connectivity index (χ1v) is 7.43. The maximum atomic E-state index is 12.5. The summed E-state index contributed by atoms with van der Waals surface area (Å²) in [6.45, 7) is 5.51. The van der Waals surface area contributed by atoms with Crippen molar-refractivity contribution in [1.82, 2.24) is 5.32 Å². The number of methoxy groups -OCH3 is 1. The number of ether oxygens (including phenoxy) is 2. The zero-order valence-corrected chi connectivity index (χ0v) is 13.5. The molecule has 1 fully saturated rings. The molecule has 0 aromatic heterocycles. The fraction of sp³-hybridized carbons (Fsp3) is 0.529. The van der Waals surface area contributed by atoms with Crippen molar-refractivity contribution in [1.29, 1.82) is 0 Å². The normalized spacial score (nSPS) is 24.8. The van der Waals surface area contributed by atoms with Crippen molar-refractivity contribution in [3.63, 3.8) is 0 Å². The minimum atomic E-state index is -0.554. The van der Waals surface area contributed by atoms with E-state index in [1.54, 1.807) is 0 Å². The van der Waals surface area contributed by atoms with Crippen molar-refractivity contribution in [2.75, 3.05) is 7.11 Å². The second kappa shape index (κ2) is 6.48. The molecule has 120 valence electrons. The van der Waals surface area contributed by atoms with Gasteiger partial charge in [0.05, 0.1) is 13.0 Å². The highest BCUT2D eigenvalue weighted by molar-refractivity contribution is 5.80. The predicted octanol–water partition coefficient (Wildman–Crippen LogP) is 2.22. The SMILES string of the molecule is COC(=O)[C@H]1C[C@H](C(=O)OC(C)(C)C)[C@@H](c2ccccc2)N1. The van der Waals surface area contributed by atoms with Crippen molar-refractivity contribution in [3.8, 4) is 0 Å². The summed E-state index contributed by atoms with van der Waals surface area (Å²) < 4.78 is 10.3. The van der Waals surface area contributed by atoms with Gasteiger partial charge in [-0.3, -0.25) is 14.9 Å². The molecule has 5 heteroatoms. The lowest BCUT2D eigenvalue weighted by Gasteiger charge is -2.25. The summed E-state index contributed by atoms with van der Waals surface area (Å²) in [6.07, 6.45) is 0.376. The zero-order chi connectivity index (χ0) is 16.3. The smallest absolute Gasteiger partial charge is 0.322 e. The lowest BCUT2D eigenvalue weighted by atomic mass is 9.93. The molecule has 5 nitrogen and oxygen atoms in total. The van der Waals surface area contributed by atoms with Crippen LogP contribution in [0.3, 0.4) is 0 Å². The Hall–Kier alpha value is -1.88. The van der Waals surface area contributed by atoms with Crippen LogP contribution in [0.1, 0.15) is 38.8 Å². The van der Waals surface area contributed by atoms with E-state index in [1.807, 2.05) is 51.1 Å². The molecular formula is C17H23NO4. The molecular weight excluding hydrogens is 282 g/mol. The molecule has 1 aromatic rings. The topological polar surface area (TPSA) is 64.6 Å². The molecule has 1 aliphatic heterocycles. The van der Waals surface area contributed by atoms with Crippen LogP contribution >= 0.6 is 0 Å². The second-order valence-corrected chi connectivity index (χ2v) is 6.51. The van der Waals surface area contributed by atoms with E-state index in [1.165, 1.54) is 7.11 Å². The molecule has 0 aliphatic carbocycles. The molecule has 22 heavy (non-hydrogen) atoms. The number of rotatable bonds is 3. The molecule has 2 rings (SSSR count). The van der Waals surface area contributed by atoms with Crippen LogP contribution < -0.4 is 5.32 Å². The third kappa shape index (κ3) is 3.85. The van der Waals surface area contributed by atoms with Crippen molar-refractivity contribution < 1.29 is 19.1 Å². The van der Waals surface area contributed by atoms with Gasteiger partial charge in [0.15, 0.2) is 0 Å². The molecule has 3 atom stereocenters. The first-order chi connectivity index (χ1) is 10.3. The number of esters is 2. The average Bonchev–Trinajstić information content (AvgIpc) is 2.91. The monoisotopic (exact) mass is 305 g/mol. The van der Waals surface area contributed by atoms with Gasteiger partial charge in [0, 0.05) is 6.04 Å². The van der Waals surface area contributed by atoms with Crippen LogP contribution in [-0.2, 0) is 19.1 Å². The molecule has 0 amide bonds. The van der Waals surface area contributed by atoms with E-state index in [9.17, 15) is 9.59 Å². The minimum absolute atomic E-state index is 0.250. The van der Waals surface area contributed by atoms with Crippen LogP contribution in [0.5, 0.6) is 0 Å². The Balaban J connectivity index is 2.23. The molecule has 1 saturated heterocycles. The van der Waals surface area contributed by atoms with E-state index < -0.39 is 17.6 Å². The number of carbonyl (C=O) groups excluding carboxylic acids is 2. The minimum Gasteiger partial charge on any atom is -0.468 e. The fourth-order valence-corrected chi connectivity index (χ4v) is 2.70. The van der Waals surface area contributed by atoms with E-state index in [0.29, 0.717) is 6.42 Å². The van der Waals surface area contributed by atoms with Gasteiger partial charge in [-0.2, -0.15) is 0 Å². The molecule has 0 saturated carbocycles. The van der Waals surface area contributed by atoms with Crippen molar-refractivity contribution in [3.05, 3.63) is 35.9 Å². The molecule has 1 aliphatic rings. The summed E-state index contributed by atoms with van der Waals surface area (Å²) in [5, 5.41) is 3.20. The van der Waals surface area contributed by atoms with Crippen molar-refractivity contribution >= 4 is 11.9 Å². The van der Waals surface area contributed by atoms with Gasteiger partial charge in [0.2, 0.25) is 0 Å². The first-order valence-electron chi connectivity index (χ1n) is 7.43. The van der Waals surface area contributed by atoms with Crippen LogP contribution in [0.25, 0.3) is 0 Å². The summed E-state index contributed by atoms with van der Waals surface area (Å²) in [5.41, 5.74) is 0.409. The lowest BCUT2D eigenvalue weighted by Crippen LogP contribution is -2.33. The van der Waals surface area contributed by atoms with E-state index in [-0.39, 0.29) is 18.0 Å². The maximum Gasteiger partial charge on any atom is 0.322 e. The number of carbonyl (C=O) groups is 2. The highest BCUT2D eigenvalue weighted by Gasteiger charge is 2.44. The molecule has 0 bridgehead atoms. The highest BCUT2D eigenvalue weighted by Crippen LogP contribution is 2.34. The van der Waals surface area contributed by atoms with E-state index >= 15 is 0 Å². The summed E-state index contributed by atoms with van der Waals surface area (Å²) in [4.78, 5) is 24.3. The van der Waals surface area contributed by atoms with Gasteiger partial charge in [-0.25, -0.2) is 0 Å². The third-order valence-corrected chi connectivity index (χ3v) is 3.63. The van der Waals surface area contributed by atoms with E-state index in [0.717, 1.165) is 5.56 Å².